The van der Waals surface area contributed by atoms with Crippen molar-refractivity contribution in [1.82, 2.24) is 0 Å². The van der Waals surface area contributed by atoms with E-state index in [0.717, 1.165) is 6.42 Å². The monoisotopic (exact) mass is 462 g/mol. The van der Waals surface area contributed by atoms with Crippen molar-refractivity contribution < 1.29 is 0 Å². The topological polar surface area (TPSA) is 0 Å². The van der Waals surface area contributed by atoms with E-state index in [1.165, 1.54) is 60.5 Å². The minimum Gasteiger partial charge on any atom is -0.0648 e. The summed E-state index contributed by atoms with van der Waals surface area (Å²) in [5.74, 6) is 0.576. The van der Waals surface area contributed by atoms with Crippen LogP contribution in [0.15, 0.2) is 127 Å². The normalized spacial score (nSPS) is 12.2. The first-order valence-corrected chi connectivity index (χ1v) is 12.9. The molecule has 0 saturated heterocycles. The van der Waals surface area contributed by atoms with Crippen LogP contribution in [0.3, 0.4) is 0 Å². The fourth-order valence-corrected chi connectivity index (χ4v) is 5.45. The summed E-state index contributed by atoms with van der Waals surface area (Å²) in [7, 11) is 0. The average Bonchev–Trinajstić information content (AvgIpc) is 2.96. The van der Waals surface area contributed by atoms with Crippen molar-refractivity contribution in [3.63, 3.8) is 0 Å². The molecule has 6 aromatic carbocycles. The Kier molecular flexibility index (Phi) is 5.87. The van der Waals surface area contributed by atoms with Crippen molar-refractivity contribution in [2.45, 2.75) is 26.2 Å². The van der Waals surface area contributed by atoms with Crippen molar-refractivity contribution >= 4 is 21.5 Å². The van der Waals surface area contributed by atoms with Crippen LogP contribution in [-0.4, -0.2) is 0 Å². The van der Waals surface area contributed by atoms with Crippen LogP contribution in [0.2, 0.25) is 0 Å². The first-order valence-electron chi connectivity index (χ1n) is 12.9. The molecule has 0 heterocycles. The molecule has 0 aliphatic carbocycles. The molecule has 174 valence electrons. The van der Waals surface area contributed by atoms with Crippen LogP contribution in [0.5, 0.6) is 0 Å². The van der Waals surface area contributed by atoms with Gasteiger partial charge in [0, 0.05) is 0 Å². The van der Waals surface area contributed by atoms with Crippen LogP contribution >= 0.6 is 0 Å². The molecule has 1 atom stereocenters. The fraction of sp³-hybridized carbons (Fsp3) is 0.111. The zero-order chi connectivity index (χ0) is 24.5. The van der Waals surface area contributed by atoms with E-state index in [1.807, 2.05) is 0 Å². The predicted octanol–water partition coefficient (Wildman–Crippen LogP) is 10.5. The second kappa shape index (κ2) is 9.47. The fourth-order valence-electron chi connectivity index (χ4n) is 5.45. The van der Waals surface area contributed by atoms with E-state index in [0.29, 0.717) is 5.92 Å². The van der Waals surface area contributed by atoms with Gasteiger partial charge in [-0.2, -0.15) is 0 Å². The zero-order valence-corrected chi connectivity index (χ0v) is 20.9. The van der Waals surface area contributed by atoms with Crippen LogP contribution in [0.1, 0.15) is 31.7 Å². The Morgan fingerprint density at radius 2 is 0.917 bits per heavy atom. The van der Waals surface area contributed by atoms with Gasteiger partial charge in [0.05, 0.1) is 0 Å². The number of fused-ring (bicyclic) bond motifs is 2. The molecular formula is C36H30. The molecule has 0 aromatic heterocycles. The van der Waals surface area contributed by atoms with E-state index in [-0.39, 0.29) is 0 Å². The molecule has 36 heavy (non-hydrogen) atoms. The summed E-state index contributed by atoms with van der Waals surface area (Å²) >= 11 is 0. The smallest absolute Gasteiger partial charge is 0.00262 e. The summed E-state index contributed by atoms with van der Waals surface area (Å²) in [6, 6.07) is 46.6. The largest absolute Gasteiger partial charge is 0.0648 e. The lowest BCUT2D eigenvalue weighted by Gasteiger charge is -2.18. The highest BCUT2D eigenvalue weighted by molar-refractivity contribution is 6.21. The zero-order valence-electron chi connectivity index (χ0n) is 20.9. The lowest BCUT2D eigenvalue weighted by Crippen LogP contribution is -1.93. The van der Waals surface area contributed by atoms with Crippen molar-refractivity contribution in [1.29, 1.82) is 0 Å². The molecular weight excluding hydrogens is 432 g/mol. The summed E-state index contributed by atoms with van der Waals surface area (Å²) in [6.07, 6.45) is 1.15. The van der Waals surface area contributed by atoms with Gasteiger partial charge in [0.15, 0.2) is 0 Å². The molecule has 6 rings (SSSR count). The van der Waals surface area contributed by atoms with E-state index in [1.54, 1.807) is 0 Å². The highest BCUT2D eigenvalue weighted by Crippen LogP contribution is 2.44. The van der Waals surface area contributed by atoms with Gasteiger partial charge in [-0.15, -0.1) is 0 Å². The average molecular weight is 463 g/mol. The molecule has 0 amide bonds. The molecule has 0 N–H and O–H groups in total. The number of benzene rings is 6. The van der Waals surface area contributed by atoms with Crippen LogP contribution in [0.4, 0.5) is 0 Å². The first kappa shape index (κ1) is 22.3. The van der Waals surface area contributed by atoms with Crippen molar-refractivity contribution in [2.75, 3.05) is 0 Å². The Morgan fingerprint density at radius 3 is 1.47 bits per heavy atom. The lowest BCUT2D eigenvalue weighted by molar-refractivity contribution is 0.734. The standard InChI is InChI=1S/C36H30/c1-3-25(2)26-20-22-28(23-21-26)35-31-16-7-9-18-33(31)36(34-19-10-8-17-32(34)35)30-15-11-14-29(24-30)27-12-5-4-6-13-27/h4-25H,3H2,1-2H3. The van der Waals surface area contributed by atoms with Gasteiger partial charge < -0.3 is 0 Å². The molecule has 0 spiro atoms. The van der Waals surface area contributed by atoms with Crippen molar-refractivity contribution in [3.8, 4) is 33.4 Å². The Labute approximate surface area is 213 Å². The molecule has 0 radical (unpaired) electrons. The van der Waals surface area contributed by atoms with Gasteiger partial charge in [0.1, 0.15) is 0 Å². The maximum Gasteiger partial charge on any atom is -0.00262 e. The second-order valence-corrected chi connectivity index (χ2v) is 9.72. The molecule has 6 aromatic rings. The summed E-state index contributed by atoms with van der Waals surface area (Å²) in [5, 5.41) is 5.19. The van der Waals surface area contributed by atoms with Crippen LogP contribution < -0.4 is 0 Å². The van der Waals surface area contributed by atoms with E-state index >= 15 is 0 Å². The maximum atomic E-state index is 2.34. The van der Waals surface area contributed by atoms with Crippen LogP contribution in [0.25, 0.3) is 54.9 Å². The molecule has 0 fully saturated rings. The van der Waals surface area contributed by atoms with Gasteiger partial charge in [-0.05, 0) is 78.9 Å². The summed E-state index contributed by atoms with van der Waals surface area (Å²) in [5.41, 5.74) is 9.04. The molecule has 0 bridgehead atoms. The maximum absolute atomic E-state index is 2.34. The van der Waals surface area contributed by atoms with E-state index in [2.05, 4.69) is 141 Å². The third kappa shape index (κ3) is 3.89. The highest BCUT2D eigenvalue weighted by atomic mass is 14.2. The number of rotatable bonds is 5. The van der Waals surface area contributed by atoms with Gasteiger partial charge in [-0.3, -0.25) is 0 Å². The molecule has 0 saturated carbocycles. The van der Waals surface area contributed by atoms with Gasteiger partial charge >= 0.3 is 0 Å². The summed E-state index contributed by atoms with van der Waals surface area (Å²) in [4.78, 5) is 0. The molecule has 0 nitrogen and oxygen atoms in total. The Hall–Kier alpha value is -4.16. The first-order chi connectivity index (χ1) is 17.7. The van der Waals surface area contributed by atoms with Gasteiger partial charge in [0.25, 0.3) is 0 Å². The van der Waals surface area contributed by atoms with Gasteiger partial charge in [-0.25, -0.2) is 0 Å². The minimum absolute atomic E-state index is 0.576. The highest BCUT2D eigenvalue weighted by Gasteiger charge is 2.17. The SMILES string of the molecule is CCC(C)c1ccc(-c2c3ccccc3c(-c3cccc(-c4ccccc4)c3)c3ccccc23)cc1. The van der Waals surface area contributed by atoms with E-state index < -0.39 is 0 Å². The predicted molar refractivity (Wildman–Crippen MR) is 156 cm³/mol. The number of hydrogen-bond donors (Lipinski definition) is 0. The quantitative estimate of drug-likeness (QED) is 0.223. The van der Waals surface area contributed by atoms with E-state index in [9.17, 15) is 0 Å². The van der Waals surface area contributed by atoms with E-state index in [4.69, 9.17) is 0 Å². The third-order valence-electron chi connectivity index (χ3n) is 7.57. The Balaban J connectivity index is 1.63. The number of hydrogen-bond acceptors (Lipinski definition) is 0. The Morgan fingerprint density at radius 1 is 0.444 bits per heavy atom. The Bertz CT molecular complexity index is 1600. The molecule has 0 aliphatic heterocycles. The van der Waals surface area contributed by atoms with Gasteiger partial charge in [-0.1, -0.05) is 135 Å². The summed E-state index contributed by atoms with van der Waals surface area (Å²) < 4.78 is 0. The van der Waals surface area contributed by atoms with Crippen LogP contribution in [-0.2, 0) is 0 Å². The summed E-state index contributed by atoms with van der Waals surface area (Å²) in [6.45, 7) is 4.56. The van der Waals surface area contributed by atoms with Gasteiger partial charge in [0.2, 0.25) is 0 Å². The molecule has 1 unspecified atom stereocenters. The lowest BCUT2D eigenvalue weighted by atomic mass is 9.85. The van der Waals surface area contributed by atoms with Crippen LogP contribution in [0, 0.1) is 0 Å². The third-order valence-corrected chi connectivity index (χ3v) is 7.57. The second-order valence-electron chi connectivity index (χ2n) is 9.72. The molecule has 0 aliphatic rings. The van der Waals surface area contributed by atoms with Crippen molar-refractivity contribution in [3.05, 3.63) is 133 Å². The minimum atomic E-state index is 0.576. The molecule has 0 heteroatoms. The van der Waals surface area contributed by atoms with Crippen molar-refractivity contribution in [2.24, 2.45) is 0 Å².